The van der Waals surface area contributed by atoms with Gasteiger partial charge >= 0.3 is 0 Å². The van der Waals surface area contributed by atoms with E-state index in [9.17, 15) is 0 Å². The van der Waals surface area contributed by atoms with Crippen LogP contribution in [0.15, 0.2) is 212 Å². The Morgan fingerprint density at radius 1 is 0.267 bits per heavy atom. The van der Waals surface area contributed by atoms with Crippen molar-refractivity contribution in [2.24, 2.45) is 0 Å². The lowest BCUT2D eigenvalue weighted by Gasteiger charge is -2.12. The van der Waals surface area contributed by atoms with E-state index in [1.807, 2.05) is 60.7 Å². The van der Waals surface area contributed by atoms with Crippen LogP contribution in [-0.4, -0.2) is 24.1 Å². The molecule has 0 aliphatic rings. The van der Waals surface area contributed by atoms with Gasteiger partial charge in [0.1, 0.15) is 0 Å². The third kappa shape index (κ3) is 5.52. The van der Waals surface area contributed by atoms with Crippen LogP contribution in [0.25, 0.3) is 111 Å². The molecular weight excluding hydrogens is 731 g/mol. The summed E-state index contributed by atoms with van der Waals surface area (Å²) in [6.07, 6.45) is 0. The van der Waals surface area contributed by atoms with E-state index in [4.69, 9.17) is 15.0 Å². The average Bonchev–Trinajstić information content (AvgIpc) is 3.85. The molecule has 0 saturated carbocycles. The summed E-state index contributed by atoms with van der Waals surface area (Å²) >= 11 is 0. The molecule has 60 heavy (non-hydrogen) atoms. The molecule has 0 aliphatic carbocycles. The summed E-state index contributed by atoms with van der Waals surface area (Å²) in [7, 11) is 0. The van der Waals surface area contributed by atoms with Gasteiger partial charge in [0.2, 0.25) is 0 Å². The second-order valence-electron chi connectivity index (χ2n) is 15.3. The zero-order valence-electron chi connectivity index (χ0n) is 32.4. The quantitative estimate of drug-likeness (QED) is 0.169. The van der Waals surface area contributed by atoms with Crippen molar-refractivity contribution in [3.05, 3.63) is 212 Å². The van der Waals surface area contributed by atoms with Gasteiger partial charge in [-0.2, -0.15) is 0 Å². The molecular formula is C55H35N5. The first-order chi connectivity index (χ1) is 29.7. The lowest BCUT2D eigenvalue weighted by atomic mass is 9.97. The second-order valence-corrected chi connectivity index (χ2v) is 15.3. The summed E-state index contributed by atoms with van der Waals surface area (Å²) in [4.78, 5) is 15.0. The lowest BCUT2D eigenvalue weighted by Crippen LogP contribution is -2.01. The Labute approximate surface area is 346 Å². The molecule has 12 rings (SSSR count). The number of hydrogen-bond donors (Lipinski definition) is 0. The number of rotatable bonds is 6. The number of fused-ring (bicyclic) bond motifs is 8. The van der Waals surface area contributed by atoms with Crippen molar-refractivity contribution in [2.75, 3.05) is 0 Å². The van der Waals surface area contributed by atoms with E-state index in [0.29, 0.717) is 17.5 Å². The molecule has 0 aliphatic heterocycles. The normalized spacial score (nSPS) is 11.7. The largest absolute Gasteiger partial charge is 0.309 e. The van der Waals surface area contributed by atoms with Crippen molar-refractivity contribution in [2.45, 2.75) is 0 Å². The standard InChI is InChI=1S/C55H35N5/c1-4-15-36(16-5-1)53-56-54(37-17-6-2-7-18-37)58-55(57-53)41-19-14-22-43(34-41)60-49-26-13-11-24-47(49)52-44-30-27-38(33-40(44)29-32-50(52)60)39-28-31-46-45-23-10-12-25-48(45)59(51(46)35-39)42-20-8-3-9-21-42/h1-35H. The molecule has 12 aromatic rings. The maximum absolute atomic E-state index is 5.04. The van der Waals surface area contributed by atoms with Crippen molar-refractivity contribution in [1.29, 1.82) is 0 Å². The second kappa shape index (κ2) is 13.8. The smallest absolute Gasteiger partial charge is 0.164 e. The highest BCUT2D eigenvalue weighted by atomic mass is 15.0. The number of benzene rings is 9. The molecule has 3 aromatic heterocycles. The SMILES string of the molecule is c1ccc(-c2nc(-c3ccccc3)nc(-c3cccc(-n4c5ccccc5c5c6ccc(-c7ccc8c9ccccc9n(-c9ccccc9)c8c7)cc6ccc54)c3)n2)cc1. The molecule has 0 saturated heterocycles. The molecule has 0 spiro atoms. The van der Waals surface area contributed by atoms with E-state index in [-0.39, 0.29) is 0 Å². The Morgan fingerprint density at radius 3 is 1.47 bits per heavy atom. The van der Waals surface area contributed by atoms with E-state index in [1.54, 1.807) is 0 Å². The monoisotopic (exact) mass is 765 g/mol. The van der Waals surface area contributed by atoms with Crippen molar-refractivity contribution >= 4 is 54.4 Å². The van der Waals surface area contributed by atoms with Crippen molar-refractivity contribution in [3.63, 3.8) is 0 Å². The number of nitrogens with zero attached hydrogens (tertiary/aromatic N) is 5. The van der Waals surface area contributed by atoms with Gasteiger partial charge in [0.05, 0.1) is 22.1 Å². The highest BCUT2D eigenvalue weighted by Gasteiger charge is 2.18. The van der Waals surface area contributed by atoms with Crippen LogP contribution in [-0.2, 0) is 0 Å². The maximum Gasteiger partial charge on any atom is 0.164 e. The number of aromatic nitrogens is 5. The molecule has 9 aromatic carbocycles. The molecule has 3 heterocycles. The third-order valence-electron chi connectivity index (χ3n) is 11.7. The molecule has 0 amide bonds. The van der Waals surface area contributed by atoms with Crippen LogP contribution in [0.5, 0.6) is 0 Å². The summed E-state index contributed by atoms with van der Waals surface area (Å²) in [5, 5.41) is 7.38. The Morgan fingerprint density at radius 2 is 0.767 bits per heavy atom. The van der Waals surface area contributed by atoms with E-state index < -0.39 is 0 Å². The molecule has 0 bridgehead atoms. The predicted octanol–water partition coefficient (Wildman–Crippen LogP) is 13.9. The summed E-state index contributed by atoms with van der Waals surface area (Å²) in [6, 6.07) is 75.2. The summed E-state index contributed by atoms with van der Waals surface area (Å²) < 4.78 is 4.75. The topological polar surface area (TPSA) is 48.5 Å². The van der Waals surface area contributed by atoms with E-state index in [0.717, 1.165) is 39.1 Å². The van der Waals surface area contributed by atoms with Crippen molar-refractivity contribution in [3.8, 4) is 56.7 Å². The van der Waals surface area contributed by atoms with Crippen LogP contribution in [0.1, 0.15) is 0 Å². The molecule has 0 radical (unpaired) electrons. The summed E-state index contributed by atoms with van der Waals surface area (Å²) in [6.45, 7) is 0. The predicted molar refractivity (Wildman–Crippen MR) is 248 cm³/mol. The first-order valence-electron chi connectivity index (χ1n) is 20.3. The molecule has 5 nitrogen and oxygen atoms in total. The van der Waals surface area contributed by atoms with E-state index >= 15 is 0 Å². The van der Waals surface area contributed by atoms with Crippen LogP contribution < -0.4 is 0 Å². The van der Waals surface area contributed by atoms with Crippen LogP contribution in [0.4, 0.5) is 0 Å². The van der Waals surface area contributed by atoms with Crippen molar-refractivity contribution < 1.29 is 0 Å². The Bertz CT molecular complexity index is 3530. The van der Waals surface area contributed by atoms with Crippen LogP contribution in [0.2, 0.25) is 0 Å². The minimum Gasteiger partial charge on any atom is -0.309 e. The third-order valence-corrected chi connectivity index (χ3v) is 11.7. The summed E-state index contributed by atoms with van der Waals surface area (Å²) in [5.74, 6) is 1.92. The van der Waals surface area contributed by atoms with Gasteiger partial charge in [-0.15, -0.1) is 0 Å². The van der Waals surface area contributed by atoms with E-state index in [1.165, 1.54) is 54.5 Å². The van der Waals surface area contributed by atoms with Crippen LogP contribution in [0.3, 0.4) is 0 Å². The number of hydrogen-bond acceptors (Lipinski definition) is 3. The molecule has 0 fully saturated rings. The van der Waals surface area contributed by atoms with Gasteiger partial charge in [-0.25, -0.2) is 15.0 Å². The Kier molecular flexibility index (Phi) is 7.78. The highest BCUT2D eigenvalue weighted by molar-refractivity contribution is 6.21. The Balaban J connectivity index is 0.994. The number of para-hydroxylation sites is 3. The molecule has 0 N–H and O–H groups in total. The molecule has 5 heteroatoms. The fourth-order valence-corrected chi connectivity index (χ4v) is 8.98. The lowest BCUT2D eigenvalue weighted by molar-refractivity contribution is 1.07. The van der Waals surface area contributed by atoms with Gasteiger partial charge < -0.3 is 9.13 Å². The minimum atomic E-state index is 0.630. The first kappa shape index (κ1) is 33.9. The van der Waals surface area contributed by atoms with Gasteiger partial charge in [0.15, 0.2) is 17.5 Å². The molecule has 0 unspecified atom stereocenters. The fourth-order valence-electron chi connectivity index (χ4n) is 8.98. The first-order valence-corrected chi connectivity index (χ1v) is 20.3. The van der Waals surface area contributed by atoms with Crippen molar-refractivity contribution in [1.82, 2.24) is 24.1 Å². The minimum absolute atomic E-state index is 0.630. The van der Waals surface area contributed by atoms with Crippen LogP contribution in [0, 0.1) is 0 Å². The molecule has 280 valence electrons. The van der Waals surface area contributed by atoms with Crippen LogP contribution >= 0.6 is 0 Å². The van der Waals surface area contributed by atoms with Gasteiger partial charge in [0.25, 0.3) is 0 Å². The van der Waals surface area contributed by atoms with Gasteiger partial charge in [-0.3, -0.25) is 0 Å². The average molecular weight is 766 g/mol. The zero-order chi connectivity index (χ0) is 39.6. The Hall–Kier alpha value is -8.15. The zero-order valence-corrected chi connectivity index (χ0v) is 32.4. The highest BCUT2D eigenvalue weighted by Crippen LogP contribution is 2.40. The fraction of sp³-hybridized carbons (Fsp3) is 0. The van der Waals surface area contributed by atoms with Gasteiger partial charge in [-0.1, -0.05) is 158 Å². The van der Waals surface area contributed by atoms with E-state index in [2.05, 4.69) is 161 Å². The maximum atomic E-state index is 5.04. The van der Waals surface area contributed by atoms with Gasteiger partial charge in [-0.05, 0) is 76.5 Å². The summed E-state index contributed by atoms with van der Waals surface area (Å²) in [5.41, 5.74) is 12.1. The van der Waals surface area contributed by atoms with Gasteiger partial charge in [0, 0.05) is 49.6 Å². The molecule has 0 atom stereocenters.